The topological polar surface area (TPSA) is 59.2 Å². The Balaban J connectivity index is 0.00000220. The van der Waals surface area contributed by atoms with Gasteiger partial charge in [0, 0.05) is 19.3 Å². The van der Waals surface area contributed by atoms with E-state index in [9.17, 15) is 4.79 Å². The van der Waals surface area contributed by atoms with Crippen molar-refractivity contribution in [1.82, 2.24) is 4.98 Å². The van der Waals surface area contributed by atoms with Crippen LogP contribution in [0.15, 0.2) is 54.9 Å². The van der Waals surface area contributed by atoms with Crippen LogP contribution in [0.4, 0.5) is 5.69 Å². The van der Waals surface area contributed by atoms with Gasteiger partial charge in [0.05, 0.1) is 17.8 Å². The minimum Gasteiger partial charge on any atom is -0.323 e. The number of nitrogens with two attached hydrogens (primary N) is 1. The molecule has 0 bridgehead atoms. The van der Waals surface area contributed by atoms with E-state index in [1.54, 1.807) is 30.4 Å². The number of hydrogen-bond acceptors (Lipinski definition) is 3. The van der Waals surface area contributed by atoms with Crippen molar-refractivity contribution >= 4 is 36.4 Å². The quantitative estimate of drug-likeness (QED) is 0.928. The minimum absolute atomic E-state index is 0. The van der Waals surface area contributed by atoms with Crippen LogP contribution in [0, 0.1) is 5.92 Å². The van der Waals surface area contributed by atoms with Crippen LogP contribution in [-0.4, -0.2) is 17.9 Å². The van der Waals surface area contributed by atoms with E-state index in [0.29, 0.717) is 0 Å². The molecule has 2 N–H and O–H groups in total. The fourth-order valence-electron chi connectivity index (χ4n) is 2.10. The highest BCUT2D eigenvalue weighted by Crippen LogP contribution is 2.22. The van der Waals surface area contributed by atoms with Crippen LogP contribution < -0.4 is 10.6 Å². The number of anilines is 1. The van der Waals surface area contributed by atoms with Crippen LogP contribution in [0.2, 0.25) is 0 Å². The Morgan fingerprint density at radius 1 is 1.14 bits per heavy atom. The molecule has 2 unspecified atom stereocenters. The van der Waals surface area contributed by atoms with Crippen molar-refractivity contribution in [2.75, 3.05) is 11.9 Å². The maximum Gasteiger partial charge on any atom is 0.231 e. The molecule has 1 aromatic heterocycles. The molecule has 22 heavy (non-hydrogen) atoms. The first kappa shape index (κ1) is 20.4. The molecule has 0 spiro atoms. The number of carbonyl (C=O) groups excluding carboxylic acids is 1. The number of carbonyl (C=O) groups is 1. The Morgan fingerprint density at radius 2 is 1.77 bits per heavy atom. The lowest BCUT2D eigenvalue weighted by Crippen LogP contribution is -2.37. The summed E-state index contributed by atoms with van der Waals surface area (Å²) >= 11 is 0. The molecule has 0 radical (unpaired) electrons. The highest BCUT2D eigenvalue weighted by atomic mass is 35.5. The monoisotopic (exact) mass is 341 g/mol. The predicted octanol–water partition coefficient (Wildman–Crippen LogP) is 3.22. The maximum atomic E-state index is 12.5. The summed E-state index contributed by atoms with van der Waals surface area (Å²) < 4.78 is 0. The second kappa shape index (κ2) is 9.41. The number of halogens is 2. The number of benzene rings is 1. The first-order valence-corrected chi connectivity index (χ1v) is 6.59. The molecule has 0 aliphatic heterocycles. The van der Waals surface area contributed by atoms with E-state index in [-0.39, 0.29) is 42.7 Å². The lowest BCUT2D eigenvalue weighted by Gasteiger charge is -2.25. The van der Waals surface area contributed by atoms with Crippen molar-refractivity contribution in [2.45, 2.75) is 13.0 Å². The number of pyridine rings is 1. The number of amides is 1. The summed E-state index contributed by atoms with van der Waals surface area (Å²) in [7, 11) is 1.74. The molecule has 0 saturated heterocycles. The molecule has 0 aliphatic rings. The molecular formula is C16H21Cl2N3O. The maximum absolute atomic E-state index is 12.5. The van der Waals surface area contributed by atoms with Crippen LogP contribution in [-0.2, 0) is 4.79 Å². The van der Waals surface area contributed by atoms with Crippen LogP contribution in [0.3, 0.4) is 0 Å². The third kappa shape index (κ3) is 4.70. The lowest BCUT2D eigenvalue weighted by atomic mass is 9.94. The van der Waals surface area contributed by atoms with Gasteiger partial charge in [-0.15, -0.1) is 24.8 Å². The van der Waals surface area contributed by atoms with Gasteiger partial charge in [-0.05, 0) is 17.7 Å². The fourth-order valence-corrected chi connectivity index (χ4v) is 2.10. The summed E-state index contributed by atoms with van der Waals surface area (Å²) in [6.07, 6.45) is 3.35. The second-order valence-electron chi connectivity index (χ2n) is 4.83. The van der Waals surface area contributed by atoms with E-state index < -0.39 is 0 Å². The molecule has 6 heteroatoms. The Labute approximate surface area is 143 Å². The smallest absolute Gasteiger partial charge is 0.231 e. The van der Waals surface area contributed by atoms with Crippen LogP contribution in [0.25, 0.3) is 0 Å². The summed E-state index contributed by atoms with van der Waals surface area (Å²) in [5.41, 5.74) is 7.93. The van der Waals surface area contributed by atoms with Crippen molar-refractivity contribution in [2.24, 2.45) is 11.7 Å². The van der Waals surface area contributed by atoms with Gasteiger partial charge in [0.1, 0.15) is 0 Å². The summed E-state index contributed by atoms with van der Waals surface area (Å²) in [5.74, 6) is -0.322. The van der Waals surface area contributed by atoms with Gasteiger partial charge in [-0.25, -0.2) is 0 Å². The van der Waals surface area contributed by atoms with Crippen molar-refractivity contribution < 1.29 is 4.79 Å². The van der Waals surface area contributed by atoms with Gasteiger partial charge in [0.25, 0.3) is 0 Å². The van der Waals surface area contributed by atoms with Gasteiger partial charge < -0.3 is 10.6 Å². The van der Waals surface area contributed by atoms with Crippen molar-refractivity contribution in [3.05, 3.63) is 60.4 Å². The first-order valence-electron chi connectivity index (χ1n) is 6.59. The van der Waals surface area contributed by atoms with E-state index in [1.165, 1.54) is 0 Å². The predicted molar refractivity (Wildman–Crippen MR) is 94.7 cm³/mol. The van der Waals surface area contributed by atoms with E-state index >= 15 is 0 Å². The highest BCUT2D eigenvalue weighted by Gasteiger charge is 2.25. The van der Waals surface area contributed by atoms with Gasteiger partial charge in [-0.3, -0.25) is 9.78 Å². The van der Waals surface area contributed by atoms with Crippen molar-refractivity contribution in [3.63, 3.8) is 0 Å². The Bertz CT molecular complexity index is 566. The lowest BCUT2D eigenvalue weighted by molar-refractivity contribution is -0.122. The average Bonchev–Trinajstić information content (AvgIpc) is 2.53. The van der Waals surface area contributed by atoms with E-state index in [1.807, 2.05) is 43.3 Å². The third-order valence-electron chi connectivity index (χ3n) is 3.48. The molecule has 0 fully saturated rings. The molecule has 4 nitrogen and oxygen atoms in total. The van der Waals surface area contributed by atoms with E-state index in [2.05, 4.69) is 4.98 Å². The standard InChI is InChI=1S/C16H19N3O.2ClH/c1-12(15(17)13-7-4-3-5-8-13)16(20)19(2)14-9-6-10-18-11-14;;/h3-12,15H,17H2,1-2H3;2*1H. The normalized spacial score (nSPS) is 12.3. The summed E-state index contributed by atoms with van der Waals surface area (Å²) in [6.45, 7) is 1.85. The van der Waals surface area contributed by atoms with Crippen LogP contribution in [0.1, 0.15) is 18.5 Å². The SMILES string of the molecule is CC(C(=O)N(C)c1cccnc1)C(N)c1ccccc1.Cl.Cl. The molecule has 120 valence electrons. The molecule has 2 atom stereocenters. The number of hydrogen-bond donors (Lipinski definition) is 1. The van der Waals surface area contributed by atoms with Crippen LogP contribution in [0.5, 0.6) is 0 Å². The summed E-state index contributed by atoms with van der Waals surface area (Å²) in [6, 6.07) is 13.0. The van der Waals surface area contributed by atoms with E-state index in [4.69, 9.17) is 5.73 Å². The Kier molecular flexibility index (Phi) is 8.72. The van der Waals surface area contributed by atoms with Gasteiger partial charge in [0.15, 0.2) is 0 Å². The van der Waals surface area contributed by atoms with Gasteiger partial charge in [0.2, 0.25) is 5.91 Å². The first-order chi connectivity index (χ1) is 9.61. The Hall–Kier alpha value is -1.62. The molecule has 0 aliphatic carbocycles. The minimum atomic E-state index is -0.317. The van der Waals surface area contributed by atoms with Crippen LogP contribution >= 0.6 is 24.8 Å². The molecule has 1 heterocycles. The number of aromatic nitrogens is 1. The zero-order valence-electron chi connectivity index (χ0n) is 12.5. The highest BCUT2D eigenvalue weighted by molar-refractivity contribution is 5.94. The van der Waals surface area contributed by atoms with Crippen molar-refractivity contribution in [1.29, 1.82) is 0 Å². The fraction of sp³-hybridized carbons (Fsp3) is 0.250. The second-order valence-corrected chi connectivity index (χ2v) is 4.83. The zero-order valence-corrected chi connectivity index (χ0v) is 14.2. The number of nitrogens with zero attached hydrogens (tertiary/aromatic N) is 2. The molecule has 1 aromatic carbocycles. The molecular weight excluding hydrogens is 321 g/mol. The molecule has 2 rings (SSSR count). The molecule has 2 aromatic rings. The van der Waals surface area contributed by atoms with Gasteiger partial charge in [-0.1, -0.05) is 37.3 Å². The van der Waals surface area contributed by atoms with Gasteiger partial charge >= 0.3 is 0 Å². The Morgan fingerprint density at radius 3 is 2.32 bits per heavy atom. The summed E-state index contributed by atoms with van der Waals surface area (Å²) in [4.78, 5) is 18.1. The molecule has 1 amide bonds. The number of rotatable bonds is 4. The average molecular weight is 342 g/mol. The summed E-state index contributed by atoms with van der Waals surface area (Å²) in [5, 5.41) is 0. The third-order valence-corrected chi connectivity index (χ3v) is 3.48. The largest absolute Gasteiger partial charge is 0.323 e. The van der Waals surface area contributed by atoms with Gasteiger partial charge in [-0.2, -0.15) is 0 Å². The van der Waals surface area contributed by atoms with E-state index in [0.717, 1.165) is 11.3 Å². The zero-order chi connectivity index (χ0) is 14.5. The molecule has 0 saturated carbocycles. The van der Waals surface area contributed by atoms with Crippen molar-refractivity contribution in [3.8, 4) is 0 Å².